The van der Waals surface area contributed by atoms with E-state index in [0.29, 0.717) is 6.67 Å². The van der Waals surface area contributed by atoms with Crippen LogP contribution in [0.5, 0.6) is 0 Å². The van der Waals surface area contributed by atoms with Crippen molar-refractivity contribution in [3.63, 3.8) is 0 Å². The van der Waals surface area contributed by atoms with Gasteiger partial charge in [-0.2, -0.15) is 0 Å². The molecule has 2 N–H and O–H groups in total. The van der Waals surface area contributed by atoms with E-state index in [4.69, 9.17) is 0 Å². The highest BCUT2D eigenvalue weighted by molar-refractivity contribution is 5.83. The van der Waals surface area contributed by atoms with Crippen molar-refractivity contribution in [2.75, 3.05) is 6.67 Å². The first-order valence-corrected chi connectivity index (χ1v) is 4.35. The van der Waals surface area contributed by atoms with Crippen molar-refractivity contribution < 1.29 is 4.79 Å². The van der Waals surface area contributed by atoms with Crippen LogP contribution in [0, 0.1) is 0 Å². The molecule has 0 aromatic carbocycles. The summed E-state index contributed by atoms with van der Waals surface area (Å²) in [6.45, 7) is 2.82. The van der Waals surface area contributed by atoms with E-state index >= 15 is 0 Å². The molecule has 1 atom stereocenters. The van der Waals surface area contributed by atoms with Crippen LogP contribution in [0.3, 0.4) is 0 Å². The van der Waals surface area contributed by atoms with E-state index in [1.807, 2.05) is 0 Å². The second-order valence-electron chi connectivity index (χ2n) is 2.97. The molecule has 64 valence electrons. The fourth-order valence-corrected chi connectivity index (χ4v) is 1.31. The molecule has 3 nitrogen and oxygen atoms in total. The van der Waals surface area contributed by atoms with E-state index in [9.17, 15) is 4.79 Å². The van der Waals surface area contributed by atoms with Gasteiger partial charge in [0.2, 0.25) is 5.91 Å². The first kappa shape index (κ1) is 8.53. The molecule has 1 saturated heterocycles. The van der Waals surface area contributed by atoms with Crippen LogP contribution in [0.2, 0.25) is 0 Å². The first-order valence-electron chi connectivity index (χ1n) is 4.35. The van der Waals surface area contributed by atoms with Crippen LogP contribution < -0.4 is 10.6 Å². The van der Waals surface area contributed by atoms with E-state index in [-0.39, 0.29) is 11.9 Å². The Labute approximate surface area is 67.5 Å². The molecule has 0 bridgehead atoms. The van der Waals surface area contributed by atoms with Crippen LogP contribution in [0.4, 0.5) is 0 Å². The van der Waals surface area contributed by atoms with Gasteiger partial charge in [-0.15, -0.1) is 0 Å². The van der Waals surface area contributed by atoms with Crippen LogP contribution in [0.15, 0.2) is 0 Å². The minimum atomic E-state index is 0.0848. The number of amides is 1. The molecular weight excluding hydrogens is 140 g/mol. The fraction of sp³-hybridized carbons (Fsp3) is 0.875. The second-order valence-corrected chi connectivity index (χ2v) is 2.97. The van der Waals surface area contributed by atoms with Crippen LogP contribution in [0.1, 0.15) is 32.6 Å². The summed E-state index contributed by atoms with van der Waals surface area (Å²) in [6.07, 6.45) is 4.58. The Morgan fingerprint density at radius 3 is 2.91 bits per heavy atom. The maximum Gasteiger partial charge on any atom is 0.238 e. The quantitative estimate of drug-likeness (QED) is 0.586. The zero-order valence-corrected chi connectivity index (χ0v) is 7.02. The van der Waals surface area contributed by atoms with Gasteiger partial charge in [0.25, 0.3) is 0 Å². The van der Waals surface area contributed by atoms with Crippen molar-refractivity contribution in [3.8, 4) is 0 Å². The molecule has 11 heavy (non-hydrogen) atoms. The van der Waals surface area contributed by atoms with E-state index in [2.05, 4.69) is 17.6 Å². The standard InChI is InChI=1S/C8H16N2O/c1-2-3-4-5-7-8(11)10-6-9-7/h7,9H,2-6H2,1H3,(H,10,11). The van der Waals surface area contributed by atoms with Gasteiger partial charge >= 0.3 is 0 Å². The van der Waals surface area contributed by atoms with Crippen molar-refractivity contribution in [1.82, 2.24) is 10.6 Å². The highest BCUT2D eigenvalue weighted by Crippen LogP contribution is 2.05. The average molecular weight is 156 g/mol. The second kappa shape index (κ2) is 4.34. The van der Waals surface area contributed by atoms with Crippen molar-refractivity contribution in [1.29, 1.82) is 0 Å². The molecule has 0 aliphatic carbocycles. The van der Waals surface area contributed by atoms with Gasteiger partial charge in [-0.1, -0.05) is 26.2 Å². The number of nitrogens with one attached hydrogen (secondary N) is 2. The molecule has 1 unspecified atom stereocenters. The van der Waals surface area contributed by atoms with E-state index in [1.54, 1.807) is 0 Å². The molecule has 0 spiro atoms. The molecule has 1 aliphatic rings. The fourth-order valence-electron chi connectivity index (χ4n) is 1.31. The third kappa shape index (κ3) is 2.50. The van der Waals surface area contributed by atoms with Gasteiger partial charge in [0.15, 0.2) is 0 Å². The third-order valence-corrected chi connectivity index (χ3v) is 2.02. The minimum Gasteiger partial charge on any atom is -0.342 e. The molecule has 0 saturated carbocycles. The molecule has 1 fully saturated rings. The van der Waals surface area contributed by atoms with Crippen molar-refractivity contribution in [2.24, 2.45) is 0 Å². The number of hydrogen-bond donors (Lipinski definition) is 2. The summed E-state index contributed by atoms with van der Waals surface area (Å²) >= 11 is 0. The number of carbonyl (C=O) groups excluding carboxylic acids is 1. The Hall–Kier alpha value is -0.570. The summed E-state index contributed by atoms with van der Waals surface area (Å²) in [4.78, 5) is 11.0. The normalized spacial score (nSPS) is 23.7. The van der Waals surface area contributed by atoms with E-state index in [1.165, 1.54) is 12.8 Å². The minimum absolute atomic E-state index is 0.0848. The van der Waals surface area contributed by atoms with E-state index in [0.717, 1.165) is 12.8 Å². The Bertz CT molecular complexity index is 136. The largest absolute Gasteiger partial charge is 0.342 e. The zero-order chi connectivity index (χ0) is 8.10. The Kier molecular flexibility index (Phi) is 3.36. The lowest BCUT2D eigenvalue weighted by molar-refractivity contribution is -0.120. The molecule has 1 rings (SSSR count). The summed E-state index contributed by atoms with van der Waals surface area (Å²) in [7, 11) is 0. The van der Waals surface area contributed by atoms with Crippen molar-refractivity contribution in [2.45, 2.75) is 38.6 Å². The summed E-state index contributed by atoms with van der Waals surface area (Å²) in [5.41, 5.74) is 0. The van der Waals surface area contributed by atoms with Crippen LogP contribution in [0.25, 0.3) is 0 Å². The molecule has 1 heterocycles. The lowest BCUT2D eigenvalue weighted by Crippen LogP contribution is -2.27. The number of hydrogen-bond acceptors (Lipinski definition) is 2. The lowest BCUT2D eigenvalue weighted by Gasteiger charge is -2.05. The maximum atomic E-state index is 11.0. The van der Waals surface area contributed by atoms with Gasteiger partial charge in [-0.25, -0.2) is 0 Å². The lowest BCUT2D eigenvalue weighted by atomic mass is 10.1. The Morgan fingerprint density at radius 1 is 1.55 bits per heavy atom. The molecule has 1 amide bonds. The molecule has 1 aliphatic heterocycles. The Morgan fingerprint density at radius 2 is 2.36 bits per heavy atom. The molecule has 0 aromatic heterocycles. The van der Waals surface area contributed by atoms with E-state index < -0.39 is 0 Å². The number of unbranched alkanes of at least 4 members (excludes halogenated alkanes) is 2. The Balaban J connectivity index is 2.10. The molecule has 0 radical (unpaired) electrons. The predicted octanol–water partition coefficient (Wildman–Crippen LogP) is 0.612. The van der Waals surface area contributed by atoms with Crippen LogP contribution in [-0.4, -0.2) is 18.6 Å². The number of carbonyl (C=O) groups is 1. The maximum absolute atomic E-state index is 11.0. The summed E-state index contributed by atoms with van der Waals surface area (Å²) < 4.78 is 0. The summed E-state index contributed by atoms with van der Waals surface area (Å²) in [5.74, 6) is 0.168. The van der Waals surface area contributed by atoms with Gasteiger partial charge in [0, 0.05) is 0 Å². The van der Waals surface area contributed by atoms with Gasteiger partial charge < -0.3 is 5.32 Å². The first-order chi connectivity index (χ1) is 5.34. The predicted molar refractivity (Wildman–Crippen MR) is 44.1 cm³/mol. The molecule has 0 aromatic rings. The summed E-state index contributed by atoms with van der Waals surface area (Å²) in [6, 6.07) is 0.0848. The average Bonchev–Trinajstić information content (AvgIpc) is 2.37. The van der Waals surface area contributed by atoms with Gasteiger partial charge in [-0.3, -0.25) is 10.1 Å². The van der Waals surface area contributed by atoms with Gasteiger partial charge in [-0.05, 0) is 6.42 Å². The molecule has 3 heteroatoms. The van der Waals surface area contributed by atoms with Gasteiger partial charge in [0.05, 0.1) is 12.7 Å². The van der Waals surface area contributed by atoms with Crippen molar-refractivity contribution >= 4 is 5.91 Å². The highest BCUT2D eigenvalue weighted by atomic mass is 16.2. The summed E-state index contributed by atoms with van der Waals surface area (Å²) in [5, 5.41) is 5.85. The smallest absolute Gasteiger partial charge is 0.238 e. The van der Waals surface area contributed by atoms with Crippen molar-refractivity contribution in [3.05, 3.63) is 0 Å². The SMILES string of the molecule is CCCCCC1NCNC1=O. The number of rotatable bonds is 4. The molecular formula is C8H16N2O. The van der Waals surface area contributed by atoms with Crippen LogP contribution >= 0.6 is 0 Å². The van der Waals surface area contributed by atoms with Gasteiger partial charge in [0.1, 0.15) is 0 Å². The highest BCUT2D eigenvalue weighted by Gasteiger charge is 2.21. The van der Waals surface area contributed by atoms with Crippen LogP contribution in [-0.2, 0) is 4.79 Å². The topological polar surface area (TPSA) is 41.1 Å². The zero-order valence-electron chi connectivity index (χ0n) is 7.02. The monoisotopic (exact) mass is 156 g/mol. The third-order valence-electron chi connectivity index (χ3n) is 2.02.